The number of rotatable bonds is 24. The van der Waals surface area contributed by atoms with Crippen molar-refractivity contribution in [1.29, 1.82) is 0 Å². The summed E-state index contributed by atoms with van der Waals surface area (Å²) >= 11 is 0. The molecule has 0 bridgehead atoms. The van der Waals surface area contributed by atoms with E-state index in [-0.39, 0.29) is 0 Å². The highest BCUT2D eigenvalue weighted by Crippen LogP contribution is 2.21. The van der Waals surface area contributed by atoms with Crippen LogP contribution in [-0.2, 0) is 10.1 Å². The minimum atomic E-state index is -6.09. The third-order valence-electron chi connectivity index (χ3n) is 7.23. The fourth-order valence-corrected chi connectivity index (χ4v) is 4.87. The van der Waals surface area contributed by atoms with Gasteiger partial charge in [0.15, 0.2) is 10.1 Å². The van der Waals surface area contributed by atoms with E-state index in [1.54, 1.807) is 0 Å². The summed E-state index contributed by atoms with van der Waals surface area (Å²) in [5, 5.41) is 0. The minimum Gasteiger partial charge on any atom is -0.741 e. The molecule has 0 radical (unpaired) electrons. The van der Waals surface area contributed by atoms with Crippen molar-refractivity contribution in [3.05, 3.63) is 0 Å². The van der Waals surface area contributed by atoms with Crippen LogP contribution in [0.4, 0.5) is 13.2 Å². The molecule has 0 atom stereocenters. The lowest BCUT2D eigenvalue weighted by molar-refractivity contribution is -0.929. The Morgan fingerprint density at radius 1 is 0.486 bits per heavy atom. The Kier molecular flexibility index (Phi) is 25.9. The van der Waals surface area contributed by atoms with Gasteiger partial charge in [-0.05, 0) is 51.4 Å². The first-order valence-corrected chi connectivity index (χ1v) is 16.8. The molecule has 0 saturated carbocycles. The van der Waals surface area contributed by atoms with Crippen LogP contribution < -0.4 is 0 Å². The molecule has 0 fully saturated rings. The van der Waals surface area contributed by atoms with Crippen molar-refractivity contribution in [1.82, 2.24) is 0 Å². The van der Waals surface area contributed by atoms with Crippen LogP contribution >= 0.6 is 0 Å². The zero-order chi connectivity index (χ0) is 28.5. The van der Waals surface area contributed by atoms with Gasteiger partial charge in [0.2, 0.25) is 0 Å². The molecular weight excluding hydrogens is 499 g/mol. The highest BCUT2D eigenvalue weighted by molar-refractivity contribution is 7.86. The zero-order valence-corrected chi connectivity index (χ0v) is 25.5. The smallest absolute Gasteiger partial charge is 0.485 e. The van der Waals surface area contributed by atoms with Gasteiger partial charge in [-0.25, -0.2) is 8.42 Å². The van der Waals surface area contributed by atoms with Crippen molar-refractivity contribution in [3.63, 3.8) is 0 Å². The third kappa shape index (κ3) is 24.4. The van der Waals surface area contributed by atoms with Crippen LogP contribution in [0.3, 0.4) is 0 Å². The summed E-state index contributed by atoms with van der Waals surface area (Å²) < 4.78 is 60.4. The lowest BCUT2D eigenvalue weighted by Crippen LogP contribution is -2.50. The van der Waals surface area contributed by atoms with Crippen LogP contribution in [0.25, 0.3) is 0 Å². The number of quaternary nitrogens is 1. The Labute approximate surface area is 228 Å². The highest BCUT2D eigenvalue weighted by Gasteiger charge is 2.37. The van der Waals surface area contributed by atoms with Crippen molar-refractivity contribution in [2.75, 3.05) is 26.2 Å². The van der Waals surface area contributed by atoms with Crippen LogP contribution in [0, 0.1) is 0 Å². The molecule has 37 heavy (non-hydrogen) atoms. The number of halogens is 3. The molecule has 4 nitrogen and oxygen atoms in total. The molecule has 0 rings (SSSR count). The van der Waals surface area contributed by atoms with Gasteiger partial charge in [-0.15, -0.1) is 0 Å². The minimum absolute atomic E-state index is 1.37. The monoisotopic (exact) mass is 559 g/mol. The molecule has 226 valence electrons. The van der Waals surface area contributed by atoms with E-state index in [0.717, 1.165) is 0 Å². The maximum atomic E-state index is 10.7. The first-order chi connectivity index (χ1) is 17.5. The molecule has 0 aliphatic heterocycles. The van der Waals surface area contributed by atoms with Gasteiger partial charge in [-0.3, -0.25) is 0 Å². The van der Waals surface area contributed by atoms with Crippen LogP contribution in [0.5, 0.6) is 0 Å². The second-order valence-corrected chi connectivity index (χ2v) is 12.2. The average Bonchev–Trinajstić information content (AvgIpc) is 2.82. The van der Waals surface area contributed by atoms with E-state index in [9.17, 15) is 13.2 Å². The van der Waals surface area contributed by atoms with Gasteiger partial charge >= 0.3 is 5.51 Å². The zero-order valence-electron chi connectivity index (χ0n) is 24.7. The number of hydrogen-bond acceptors (Lipinski definition) is 3. The number of nitrogens with zero attached hydrogens (tertiary/aromatic N) is 1. The van der Waals surface area contributed by atoms with Crippen LogP contribution in [0.2, 0.25) is 0 Å². The largest absolute Gasteiger partial charge is 0.741 e. The van der Waals surface area contributed by atoms with Crippen LogP contribution in [-0.4, -0.2) is 49.1 Å². The van der Waals surface area contributed by atoms with E-state index in [1.807, 2.05) is 0 Å². The van der Waals surface area contributed by atoms with Crippen molar-refractivity contribution >= 4 is 10.1 Å². The average molecular weight is 560 g/mol. The van der Waals surface area contributed by atoms with E-state index in [1.165, 1.54) is 159 Å². The Balaban J connectivity index is 0. The summed E-state index contributed by atoms with van der Waals surface area (Å²) in [6.45, 7) is 15.2. The number of hydrogen-bond donors (Lipinski definition) is 0. The lowest BCUT2D eigenvalue weighted by Gasteiger charge is -2.39. The predicted octanol–water partition coefficient (Wildman–Crippen LogP) is 9.74. The summed E-state index contributed by atoms with van der Waals surface area (Å²) in [5.41, 5.74) is -5.65. The Hall–Kier alpha value is -0.340. The summed E-state index contributed by atoms with van der Waals surface area (Å²) in [4.78, 5) is 0. The van der Waals surface area contributed by atoms with E-state index in [4.69, 9.17) is 13.0 Å². The molecule has 0 unspecified atom stereocenters. The van der Waals surface area contributed by atoms with Gasteiger partial charge in [-0.2, -0.15) is 13.2 Å². The maximum absolute atomic E-state index is 10.7. The second-order valence-electron chi connectivity index (χ2n) is 10.8. The van der Waals surface area contributed by atoms with Gasteiger partial charge in [0.1, 0.15) is 0 Å². The molecule has 0 spiro atoms. The molecule has 0 aliphatic rings. The molecule has 8 heteroatoms. The Morgan fingerprint density at radius 3 is 0.838 bits per heavy atom. The van der Waals surface area contributed by atoms with Gasteiger partial charge in [-0.1, -0.05) is 105 Å². The molecule has 0 amide bonds. The van der Waals surface area contributed by atoms with Gasteiger partial charge in [0.25, 0.3) is 0 Å². The molecular formula is C29H60F3NO3S. The van der Waals surface area contributed by atoms with Crippen LogP contribution in [0.15, 0.2) is 0 Å². The maximum Gasteiger partial charge on any atom is 0.485 e. The molecule has 0 aromatic heterocycles. The first-order valence-electron chi connectivity index (χ1n) is 15.4. The van der Waals surface area contributed by atoms with Crippen molar-refractivity contribution in [2.45, 2.75) is 162 Å². The topological polar surface area (TPSA) is 57.2 Å². The van der Waals surface area contributed by atoms with Gasteiger partial charge in [0.05, 0.1) is 26.2 Å². The molecule has 0 N–H and O–H groups in total. The summed E-state index contributed by atoms with van der Waals surface area (Å²) in [6.07, 6.45) is 28.8. The quantitative estimate of drug-likeness (QED) is 0.0512. The van der Waals surface area contributed by atoms with Crippen molar-refractivity contribution in [2.24, 2.45) is 0 Å². The van der Waals surface area contributed by atoms with E-state index in [0.29, 0.717) is 0 Å². The molecule has 0 saturated heterocycles. The molecule has 0 aromatic carbocycles. The van der Waals surface area contributed by atoms with Crippen molar-refractivity contribution in [3.8, 4) is 0 Å². The molecule has 0 heterocycles. The molecule has 0 aromatic rings. The van der Waals surface area contributed by atoms with Gasteiger partial charge in [0, 0.05) is 0 Å². The summed E-state index contributed by atoms with van der Waals surface area (Å²) in [6, 6.07) is 0. The highest BCUT2D eigenvalue weighted by atomic mass is 32.2. The van der Waals surface area contributed by atoms with Gasteiger partial charge < -0.3 is 9.04 Å². The van der Waals surface area contributed by atoms with E-state index in [2.05, 4.69) is 27.7 Å². The fourth-order valence-electron chi connectivity index (χ4n) is 4.87. The van der Waals surface area contributed by atoms with E-state index < -0.39 is 15.6 Å². The fraction of sp³-hybridized carbons (Fsp3) is 1.00. The lowest BCUT2D eigenvalue weighted by atomic mass is 10.1. The standard InChI is InChI=1S/C28H60N.CHF3O3S/c1-5-9-13-17-21-25-29(26-22-18-14-10-6-2,27-23-19-15-11-7-3)28-24-20-16-12-8-4;2-1(3,4)8(5,6)7/h5-28H2,1-4H3;(H,5,6,7)/q+1;/p-1. The Bertz CT molecular complexity index is 522. The normalized spacial score (nSPS) is 12.4. The number of unbranched alkanes of at least 4 members (excludes halogenated alkanes) is 16. The Morgan fingerprint density at radius 2 is 0.676 bits per heavy atom. The summed E-state index contributed by atoms with van der Waals surface area (Å²) in [5.74, 6) is 0. The third-order valence-corrected chi connectivity index (χ3v) is 7.79. The van der Waals surface area contributed by atoms with E-state index >= 15 is 0 Å². The van der Waals surface area contributed by atoms with Crippen LogP contribution in [0.1, 0.15) is 156 Å². The predicted molar refractivity (Wildman–Crippen MR) is 151 cm³/mol. The van der Waals surface area contributed by atoms with Crippen molar-refractivity contribution < 1.29 is 30.6 Å². The summed E-state index contributed by atoms with van der Waals surface area (Å²) in [7, 11) is -6.09. The first kappa shape index (κ1) is 38.8. The number of alkyl halides is 3. The second kappa shape index (κ2) is 24.7. The molecule has 0 aliphatic carbocycles. The SMILES string of the molecule is CCCCCCC[N+](CCCCCCC)(CCCCCCC)CCCCCCC.O=S(=O)([O-])C(F)(F)F.